The molecule has 0 heterocycles. The van der Waals surface area contributed by atoms with Gasteiger partial charge in [-0.15, -0.1) is 12.4 Å². The van der Waals surface area contributed by atoms with E-state index in [4.69, 9.17) is 10.5 Å². The molecule has 0 saturated heterocycles. The van der Waals surface area contributed by atoms with Crippen molar-refractivity contribution >= 4 is 12.4 Å². The van der Waals surface area contributed by atoms with Crippen molar-refractivity contribution in [3.05, 3.63) is 89.7 Å². The first-order chi connectivity index (χ1) is 11.3. The molecule has 0 aliphatic heterocycles. The van der Waals surface area contributed by atoms with Crippen molar-refractivity contribution < 1.29 is 9.13 Å². The third-order valence-electron chi connectivity index (χ3n) is 3.67. The molecule has 0 radical (unpaired) electrons. The van der Waals surface area contributed by atoms with Crippen LogP contribution in [0, 0.1) is 5.82 Å². The maximum atomic E-state index is 13.1. The van der Waals surface area contributed by atoms with Crippen molar-refractivity contribution in [2.45, 2.75) is 13.2 Å². The Balaban J connectivity index is 0.00000208. The predicted octanol–water partition coefficient (Wildman–Crippen LogP) is 4.95. The van der Waals surface area contributed by atoms with Crippen molar-refractivity contribution in [3.8, 4) is 16.9 Å². The Morgan fingerprint density at radius 3 is 2.21 bits per heavy atom. The molecule has 0 unspecified atom stereocenters. The fourth-order valence-electron chi connectivity index (χ4n) is 2.42. The summed E-state index contributed by atoms with van der Waals surface area (Å²) in [6.45, 7) is 0.925. The zero-order valence-electron chi connectivity index (χ0n) is 13.1. The molecule has 0 atom stereocenters. The summed E-state index contributed by atoms with van der Waals surface area (Å²) in [4.78, 5) is 0. The molecule has 2 nitrogen and oxygen atoms in total. The minimum absolute atomic E-state index is 0. The van der Waals surface area contributed by atoms with Gasteiger partial charge in [-0.3, -0.25) is 0 Å². The van der Waals surface area contributed by atoms with Crippen LogP contribution in [0.25, 0.3) is 11.1 Å². The number of ether oxygens (including phenoxy) is 1. The van der Waals surface area contributed by atoms with Gasteiger partial charge < -0.3 is 10.5 Å². The van der Waals surface area contributed by atoms with E-state index in [1.165, 1.54) is 12.1 Å². The molecular formula is C20H19ClFNO. The number of hydrogen-bond acceptors (Lipinski definition) is 2. The first-order valence-corrected chi connectivity index (χ1v) is 7.52. The van der Waals surface area contributed by atoms with E-state index in [0.717, 1.165) is 28.0 Å². The normalized spacial score (nSPS) is 10.1. The maximum absolute atomic E-state index is 13.1. The van der Waals surface area contributed by atoms with E-state index in [-0.39, 0.29) is 18.2 Å². The lowest BCUT2D eigenvalue weighted by molar-refractivity contribution is 0.307. The van der Waals surface area contributed by atoms with Crippen LogP contribution in [0.5, 0.6) is 5.75 Å². The van der Waals surface area contributed by atoms with Crippen LogP contribution in [0.3, 0.4) is 0 Å². The first-order valence-electron chi connectivity index (χ1n) is 7.52. The molecular weight excluding hydrogens is 325 g/mol. The van der Waals surface area contributed by atoms with Gasteiger partial charge >= 0.3 is 0 Å². The average Bonchev–Trinajstić information content (AvgIpc) is 2.61. The second-order valence-corrected chi connectivity index (χ2v) is 5.32. The zero-order valence-corrected chi connectivity index (χ0v) is 13.9. The van der Waals surface area contributed by atoms with E-state index in [0.29, 0.717) is 13.2 Å². The SMILES string of the molecule is Cl.NCc1ccc(-c2ccc(F)cc2)c(OCc2ccccc2)c1. The Kier molecular flexibility index (Phi) is 6.36. The van der Waals surface area contributed by atoms with Crippen LogP contribution in [0.15, 0.2) is 72.8 Å². The molecule has 4 heteroatoms. The summed E-state index contributed by atoms with van der Waals surface area (Å²) in [5.41, 5.74) is 9.67. The fraction of sp³-hybridized carbons (Fsp3) is 0.100. The maximum Gasteiger partial charge on any atom is 0.127 e. The molecule has 3 rings (SSSR count). The van der Waals surface area contributed by atoms with Crippen molar-refractivity contribution in [3.63, 3.8) is 0 Å². The van der Waals surface area contributed by atoms with Gasteiger partial charge in [-0.1, -0.05) is 54.6 Å². The number of hydrogen-bond donors (Lipinski definition) is 1. The number of nitrogens with two attached hydrogens (primary N) is 1. The van der Waals surface area contributed by atoms with Crippen molar-refractivity contribution in [1.29, 1.82) is 0 Å². The lowest BCUT2D eigenvalue weighted by atomic mass is 10.0. The molecule has 3 aromatic rings. The van der Waals surface area contributed by atoms with E-state index in [1.54, 1.807) is 12.1 Å². The number of rotatable bonds is 5. The van der Waals surface area contributed by atoms with Crippen molar-refractivity contribution in [2.75, 3.05) is 0 Å². The summed E-state index contributed by atoms with van der Waals surface area (Å²) in [7, 11) is 0. The molecule has 0 amide bonds. The Morgan fingerprint density at radius 2 is 1.54 bits per heavy atom. The molecule has 3 aromatic carbocycles. The molecule has 124 valence electrons. The van der Waals surface area contributed by atoms with E-state index in [1.807, 2.05) is 48.5 Å². The van der Waals surface area contributed by atoms with Gasteiger partial charge in [-0.25, -0.2) is 4.39 Å². The summed E-state index contributed by atoms with van der Waals surface area (Å²) in [6, 6.07) is 22.3. The lowest BCUT2D eigenvalue weighted by Gasteiger charge is -2.13. The third kappa shape index (κ3) is 4.34. The second-order valence-electron chi connectivity index (χ2n) is 5.32. The Morgan fingerprint density at radius 1 is 0.833 bits per heavy atom. The van der Waals surface area contributed by atoms with Crippen molar-refractivity contribution in [1.82, 2.24) is 0 Å². The summed E-state index contributed by atoms with van der Waals surface area (Å²) in [5.74, 6) is 0.502. The molecule has 24 heavy (non-hydrogen) atoms. The lowest BCUT2D eigenvalue weighted by Crippen LogP contribution is -2.00. The summed E-state index contributed by atoms with van der Waals surface area (Å²) < 4.78 is 19.1. The topological polar surface area (TPSA) is 35.2 Å². The Labute approximate surface area is 147 Å². The van der Waals surface area contributed by atoms with Crippen LogP contribution >= 0.6 is 12.4 Å². The highest BCUT2D eigenvalue weighted by Crippen LogP contribution is 2.31. The standard InChI is InChI=1S/C20H18FNO.ClH/c21-18-9-7-17(8-10-18)19-11-6-16(13-22)12-20(19)23-14-15-4-2-1-3-5-15;/h1-12H,13-14,22H2;1H. The van der Waals surface area contributed by atoms with E-state index in [9.17, 15) is 4.39 Å². The molecule has 0 aliphatic rings. The number of halogens is 2. The first kappa shape index (κ1) is 18.0. The van der Waals surface area contributed by atoms with Crippen LogP contribution < -0.4 is 10.5 Å². The zero-order chi connectivity index (χ0) is 16.1. The molecule has 0 saturated carbocycles. The van der Waals surface area contributed by atoms with Gasteiger partial charge in [0.2, 0.25) is 0 Å². The third-order valence-corrected chi connectivity index (χ3v) is 3.67. The molecule has 0 bridgehead atoms. The summed E-state index contributed by atoms with van der Waals surface area (Å²) >= 11 is 0. The van der Waals surface area contributed by atoms with Crippen LogP contribution in [-0.4, -0.2) is 0 Å². The van der Waals surface area contributed by atoms with Crippen LogP contribution in [-0.2, 0) is 13.2 Å². The van der Waals surface area contributed by atoms with Crippen LogP contribution in [0.2, 0.25) is 0 Å². The van der Waals surface area contributed by atoms with Gasteiger partial charge in [0.25, 0.3) is 0 Å². The highest BCUT2D eigenvalue weighted by Gasteiger charge is 2.08. The minimum Gasteiger partial charge on any atom is -0.488 e. The summed E-state index contributed by atoms with van der Waals surface area (Å²) in [5, 5.41) is 0. The summed E-state index contributed by atoms with van der Waals surface area (Å²) in [6.07, 6.45) is 0. The number of benzene rings is 3. The highest BCUT2D eigenvalue weighted by atomic mass is 35.5. The highest BCUT2D eigenvalue weighted by molar-refractivity contribution is 5.85. The van der Waals surface area contributed by atoms with Gasteiger partial charge in [-0.2, -0.15) is 0 Å². The van der Waals surface area contributed by atoms with Gasteiger partial charge in [0.15, 0.2) is 0 Å². The van der Waals surface area contributed by atoms with Crippen LogP contribution in [0.4, 0.5) is 4.39 Å². The van der Waals surface area contributed by atoms with E-state index in [2.05, 4.69) is 0 Å². The van der Waals surface area contributed by atoms with Gasteiger partial charge in [0, 0.05) is 12.1 Å². The van der Waals surface area contributed by atoms with Gasteiger partial charge in [-0.05, 0) is 34.9 Å². The molecule has 2 N–H and O–H groups in total. The smallest absolute Gasteiger partial charge is 0.127 e. The fourth-order valence-corrected chi connectivity index (χ4v) is 2.42. The Bertz CT molecular complexity index is 775. The second kappa shape index (κ2) is 8.48. The van der Waals surface area contributed by atoms with E-state index < -0.39 is 0 Å². The molecule has 0 spiro atoms. The molecule has 0 aliphatic carbocycles. The molecule has 0 fully saturated rings. The van der Waals surface area contributed by atoms with Crippen molar-refractivity contribution in [2.24, 2.45) is 5.73 Å². The average molecular weight is 344 g/mol. The van der Waals surface area contributed by atoms with Gasteiger partial charge in [0.1, 0.15) is 18.2 Å². The molecule has 0 aromatic heterocycles. The minimum atomic E-state index is -0.251. The van der Waals surface area contributed by atoms with E-state index >= 15 is 0 Å². The quantitative estimate of drug-likeness (QED) is 0.711. The van der Waals surface area contributed by atoms with Crippen LogP contribution in [0.1, 0.15) is 11.1 Å². The van der Waals surface area contributed by atoms with Gasteiger partial charge in [0.05, 0.1) is 0 Å². The predicted molar refractivity (Wildman–Crippen MR) is 97.7 cm³/mol. The monoisotopic (exact) mass is 343 g/mol. The Hall–Kier alpha value is -2.36. The largest absolute Gasteiger partial charge is 0.488 e.